The number of aryl methyl sites for hydroxylation is 2. The average Bonchev–Trinajstić information content (AvgIpc) is 2.83. The Morgan fingerprint density at radius 2 is 1.70 bits per heavy atom. The van der Waals surface area contributed by atoms with Gasteiger partial charge in [-0.25, -0.2) is 15.5 Å². The Kier molecular flexibility index (Phi) is 8.01. The number of nitrogens with zero attached hydrogens (tertiary/aromatic N) is 4. The second-order valence-electron chi connectivity index (χ2n) is 3.55. The van der Waals surface area contributed by atoms with E-state index >= 15 is 0 Å². The van der Waals surface area contributed by atoms with Gasteiger partial charge in [0.2, 0.25) is 0 Å². The zero-order chi connectivity index (χ0) is 15.5. The standard InChI is InChI=1S/C12H13N3S.2CHN/c1-8-12(16-9(2)15-8)11-5-3-10(4-6-11)7-14-13;2*1-2/h3-7H,13H2,1-2H3;2*1H. The van der Waals surface area contributed by atoms with Crippen LogP contribution in [-0.4, -0.2) is 11.2 Å². The lowest BCUT2D eigenvalue weighted by Crippen LogP contribution is -1.86. The van der Waals surface area contributed by atoms with Crippen LogP contribution in [0, 0.1) is 37.5 Å². The van der Waals surface area contributed by atoms with Gasteiger partial charge in [0, 0.05) is 13.1 Å². The molecule has 0 amide bonds. The van der Waals surface area contributed by atoms with Crippen molar-refractivity contribution in [2.45, 2.75) is 13.8 Å². The summed E-state index contributed by atoms with van der Waals surface area (Å²) in [6, 6.07) is 8.13. The minimum absolute atomic E-state index is 1.00. The Morgan fingerprint density at radius 1 is 1.15 bits per heavy atom. The van der Waals surface area contributed by atoms with Gasteiger partial charge < -0.3 is 5.84 Å². The highest BCUT2D eigenvalue weighted by molar-refractivity contribution is 7.15. The predicted octanol–water partition coefficient (Wildman–Crippen LogP) is 3.00. The highest BCUT2D eigenvalue weighted by Crippen LogP contribution is 2.29. The highest BCUT2D eigenvalue weighted by Gasteiger charge is 2.06. The number of hydrogen-bond acceptors (Lipinski definition) is 6. The molecule has 0 fully saturated rings. The summed E-state index contributed by atoms with van der Waals surface area (Å²) in [6.45, 7) is 11.1. The van der Waals surface area contributed by atoms with Crippen LogP contribution in [0.25, 0.3) is 10.4 Å². The molecule has 20 heavy (non-hydrogen) atoms. The average molecular weight is 285 g/mol. The Bertz CT molecular complexity index is 587. The molecule has 0 aliphatic heterocycles. The number of benzene rings is 1. The molecule has 2 rings (SSSR count). The number of nitrogens with two attached hydrogens (primary N) is 1. The van der Waals surface area contributed by atoms with Crippen LogP contribution in [0.2, 0.25) is 0 Å². The Labute approximate surface area is 122 Å². The second kappa shape index (κ2) is 9.26. The van der Waals surface area contributed by atoms with Gasteiger partial charge >= 0.3 is 0 Å². The van der Waals surface area contributed by atoms with E-state index in [1.54, 1.807) is 17.6 Å². The minimum Gasteiger partial charge on any atom is -0.323 e. The first-order chi connectivity index (χ1) is 9.70. The van der Waals surface area contributed by atoms with E-state index in [-0.39, 0.29) is 0 Å². The smallest absolute Gasteiger partial charge is 0.0903 e. The van der Waals surface area contributed by atoms with Crippen molar-refractivity contribution < 1.29 is 0 Å². The lowest BCUT2D eigenvalue weighted by Gasteiger charge is -1.99. The van der Waals surface area contributed by atoms with Crippen LogP contribution < -0.4 is 5.84 Å². The maximum Gasteiger partial charge on any atom is 0.0903 e. The summed E-state index contributed by atoms with van der Waals surface area (Å²) in [5, 5.41) is 17.6. The molecule has 102 valence electrons. The Balaban J connectivity index is 0.000000829. The quantitative estimate of drug-likeness (QED) is 0.521. The fourth-order valence-electron chi connectivity index (χ4n) is 1.61. The lowest BCUT2D eigenvalue weighted by molar-refractivity contribution is 1.20. The monoisotopic (exact) mass is 285 g/mol. The molecule has 0 unspecified atom stereocenters. The predicted molar refractivity (Wildman–Crippen MR) is 82.1 cm³/mol. The number of nitriles is 2. The van der Waals surface area contributed by atoms with Crippen molar-refractivity contribution in [3.05, 3.63) is 40.5 Å². The normalized spacial score (nSPS) is 9.10. The molecule has 1 aromatic heterocycles. The van der Waals surface area contributed by atoms with Crippen molar-refractivity contribution in [1.82, 2.24) is 4.98 Å². The van der Waals surface area contributed by atoms with Gasteiger partial charge in [-0.3, -0.25) is 0 Å². The van der Waals surface area contributed by atoms with E-state index < -0.39 is 0 Å². The third kappa shape index (κ3) is 4.52. The minimum atomic E-state index is 1.00. The SMILES string of the molecule is C#N.C#N.Cc1nc(C)c(-c2ccc(C=NN)cc2)s1. The molecule has 1 aromatic carbocycles. The van der Waals surface area contributed by atoms with Gasteiger partial charge in [-0.2, -0.15) is 5.10 Å². The van der Waals surface area contributed by atoms with Gasteiger partial charge in [0.1, 0.15) is 0 Å². The summed E-state index contributed by atoms with van der Waals surface area (Å²) in [6.07, 6.45) is 1.63. The summed E-state index contributed by atoms with van der Waals surface area (Å²) in [5.74, 6) is 5.10. The van der Waals surface area contributed by atoms with Crippen LogP contribution in [0.15, 0.2) is 29.4 Å². The number of rotatable bonds is 2. The van der Waals surface area contributed by atoms with Crippen LogP contribution >= 0.6 is 11.3 Å². The summed E-state index contributed by atoms with van der Waals surface area (Å²) in [5.41, 5.74) is 3.28. The first kappa shape index (κ1) is 17.3. The van der Waals surface area contributed by atoms with Gasteiger partial charge in [-0.15, -0.1) is 11.3 Å². The van der Waals surface area contributed by atoms with Crippen molar-refractivity contribution in [3.8, 4) is 23.6 Å². The summed E-state index contributed by atoms with van der Waals surface area (Å²) < 4.78 is 0. The Morgan fingerprint density at radius 3 is 2.10 bits per heavy atom. The number of aromatic nitrogens is 1. The maximum absolute atomic E-state index is 6.50. The van der Waals surface area contributed by atoms with E-state index in [4.69, 9.17) is 16.4 Å². The third-order valence-electron chi connectivity index (χ3n) is 2.30. The van der Waals surface area contributed by atoms with E-state index in [2.05, 4.69) is 35.4 Å². The van der Waals surface area contributed by atoms with Crippen LogP contribution in [0.5, 0.6) is 0 Å². The summed E-state index contributed by atoms with van der Waals surface area (Å²) in [7, 11) is 0. The first-order valence-electron chi connectivity index (χ1n) is 5.50. The van der Waals surface area contributed by atoms with Crippen LogP contribution in [0.1, 0.15) is 16.3 Å². The molecular formula is C14H15N5S. The fourth-order valence-corrected chi connectivity index (χ4v) is 2.53. The molecule has 2 aromatic rings. The van der Waals surface area contributed by atoms with E-state index in [0.717, 1.165) is 16.3 Å². The maximum atomic E-state index is 6.50. The van der Waals surface area contributed by atoms with Crippen molar-refractivity contribution in [2.24, 2.45) is 10.9 Å². The van der Waals surface area contributed by atoms with E-state index in [9.17, 15) is 0 Å². The van der Waals surface area contributed by atoms with Crippen molar-refractivity contribution in [2.75, 3.05) is 0 Å². The van der Waals surface area contributed by atoms with Crippen LogP contribution in [0.3, 0.4) is 0 Å². The summed E-state index contributed by atoms with van der Waals surface area (Å²) >= 11 is 1.72. The number of thiazole rings is 1. The molecule has 0 radical (unpaired) electrons. The molecule has 0 aliphatic carbocycles. The molecule has 2 N–H and O–H groups in total. The molecule has 6 heteroatoms. The van der Waals surface area contributed by atoms with Crippen LogP contribution in [-0.2, 0) is 0 Å². The summed E-state index contributed by atoms with van der Waals surface area (Å²) in [4.78, 5) is 5.65. The largest absolute Gasteiger partial charge is 0.323 e. The van der Waals surface area contributed by atoms with Crippen LogP contribution in [0.4, 0.5) is 0 Å². The molecule has 0 saturated heterocycles. The number of hydrazone groups is 1. The topological polar surface area (TPSA) is 98.8 Å². The molecule has 0 bridgehead atoms. The molecule has 0 saturated carbocycles. The van der Waals surface area contributed by atoms with Gasteiger partial charge in [-0.1, -0.05) is 24.3 Å². The molecule has 0 aliphatic rings. The van der Waals surface area contributed by atoms with Crippen molar-refractivity contribution >= 4 is 17.6 Å². The van der Waals surface area contributed by atoms with E-state index in [1.807, 2.05) is 26.0 Å². The highest BCUT2D eigenvalue weighted by atomic mass is 32.1. The molecule has 0 spiro atoms. The molecule has 5 nitrogen and oxygen atoms in total. The van der Waals surface area contributed by atoms with Gasteiger partial charge in [0.25, 0.3) is 0 Å². The van der Waals surface area contributed by atoms with E-state index in [1.165, 1.54) is 10.4 Å². The van der Waals surface area contributed by atoms with Crippen molar-refractivity contribution in [1.29, 1.82) is 10.5 Å². The molecule has 0 atom stereocenters. The second-order valence-corrected chi connectivity index (χ2v) is 4.75. The van der Waals surface area contributed by atoms with E-state index in [0.29, 0.717) is 0 Å². The van der Waals surface area contributed by atoms with Gasteiger partial charge in [-0.05, 0) is 25.0 Å². The van der Waals surface area contributed by atoms with Crippen molar-refractivity contribution in [3.63, 3.8) is 0 Å². The number of hydrogen-bond donors (Lipinski definition) is 1. The zero-order valence-corrected chi connectivity index (χ0v) is 12.1. The third-order valence-corrected chi connectivity index (χ3v) is 3.42. The van der Waals surface area contributed by atoms with Gasteiger partial charge in [0.15, 0.2) is 0 Å². The van der Waals surface area contributed by atoms with Gasteiger partial charge in [0.05, 0.1) is 21.8 Å². The molecular weight excluding hydrogens is 270 g/mol. The Hall–Kier alpha value is -2.70. The zero-order valence-electron chi connectivity index (χ0n) is 11.3. The first-order valence-corrected chi connectivity index (χ1v) is 6.31. The fraction of sp³-hybridized carbons (Fsp3) is 0.143. The lowest BCUT2D eigenvalue weighted by atomic mass is 10.1. The molecule has 1 heterocycles.